The van der Waals surface area contributed by atoms with Crippen LogP contribution in [-0.2, 0) is 0 Å². The second-order valence-electron chi connectivity index (χ2n) is 13.3. The van der Waals surface area contributed by atoms with Gasteiger partial charge in [-0.1, -0.05) is 140 Å². The topological polar surface area (TPSA) is 38.7 Å². The summed E-state index contributed by atoms with van der Waals surface area (Å²) in [5, 5.41) is 4.89. The lowest BCUT2D eigenvalue weighted by Gasteiger charge is -2.13. The fourth-order valence-corrected chi connectivity index (χ4v) is 8.34. The first-order chi connectivity index (χ1) is 26.2. The Morgan fingerprint density at radius 2 is 0.811 bits per heavy atom. The molecule has 0 saturated heterocycles. The molecular formula is C49H31N3S. The molecule has 0 saturated carbocycles. The van der Waals surface area contributed by atoms with Crippen molar-refractivity contribution >= 4 is 42.3 Å². The van der Waals surface area contributed by atoms with Crippen molar-refractivity contribution in [1.29, 1.82) is 0 Å². The van der Waals surface area contributed by atoms with Crippen LogP contribution in [0, 0.1) is 0 Å². The van der Waals surface area contributed by atoms with E-state index in [1.54, 1.807) is 0 Å². The Morgan fingerprint density at radius 1 is 0.283 bits per heavy atom. The molecule has 0 atom stereocenters. The minimum Gasteiger partial charge on any atom is -0.208 e. The average molecular weight is 694 g/mol. The Hall–Kier alpha value is -6.75. The van der Waals surface area contributed by atoms with Gasteiger partial charge in [-0.2, -0.15) is 0 Å². The SMILES string of the molecule is c1ccc(-c2cc(-c3ccccc3)c3ccc(-c4cccc(-c5nc(-c6ccccc6)nc(-c6ccc7sc8ccccc8c7c6)n5)c4)cc3c2)cc1. The quantitative estimate of drug-likeness (QED) is 0.174. The number of hydrogen-bond acceptors (Lipinski definition) is 4. The van der Waals surface area contributed by atoms with E-state index < -0.39 is 0 Å². The van der Waals surface area contributed by atoms with Crippen molar-refractivity contribution in [2.45, 2.75) is 0 Å². The van der Waals surface area contributed by atoms with E-state index in [1.807, 2.05) is 29.5 Å². The third-order valence-electron chi connectivity index (χ3n) is 9.90. The average Bonchev–Trinajstić information content (AvgIpc) is 3.62. The lowest BCUT2D eigenvalue weighted by atomic mass is 9.91. The van der Waals surface area contributed by atoms with Crippen LogP contribution < -0.4 is 0 Å². The minimum absolute atomic E-state index is 0.643. The van der Waals surface area contributed by atoms with Crippen LogP contribution in [0.3, 0.4) is 0 Å². The van der Waals surface area contributed by atoms with E-state index in [9.17, 15) is 0 Å². The normalized spacial score (nSPS) is 11.4. The molecule has 2 aromatic heterocycles. The standard InChI is InChI=1S/C49H31N3S/c1-4-13-32(14-5-1)39-29-40-28-36(23-25-41(40)43(31-39)33-15-6-2-7-16-33)35-19-12-20-37(27-35)48-50-47(34-17-8-3-9-18-34)51-49(52-48)38-24-26-46-44(30-38)42-21-10-11-22-45(42)53-46/h1-31H. The first-order valence-corrected chi connectivity index (χ1v) is 18.6. The van der Waals surface area contributed by atoms with E-state index in [-0.39, 0.29) is 0 Å². The van der Waals surface area contributed by atoms with Crippen molar-refractivity contribution in [1.82, 2.24) is 15.0 Å². The zero-order valence-electron chi connectivity index (χ0n) is 28.6. The molecule has 8 aromatic carbocycles. The van der Waals surface area contributed by atoms with E-state index in [4.69, 9.17) is 15.0 Å². The van der Waals surface area contributed by atoms with E-state index >= 15 is 0 Å². The van der Waals surface area contributed by atoms with Gasteiger partial charge in [-0.3, -0.25) is 0 Å². The van der Waals surface area contributed by atoms with Gasteiger partial charge in [0.2, 0.25) is 0 Å². The number of thiophene rings is 1. The van der Waals surface area contributed by atoms with Gasteiger partial charge in [0.25, 0.3) is 0 Å². The molecule has 0 spiro atoms. The Balaban J connectivity index is 1.10. The summed E-state index contributed by atoms with van der Waals surface area (Å²) in [5.41, 5.74) is 9.92. The van der Waals surface area contributed by atoms with Crippen LogP contribution in [0.5, 0.6) is 0 Å². The molecule has 0 radical (unpaired) electrons. The zero-order chi connectivity index (χ0) is 35.1. The zero-order valence-corrected chi connectivity index (χ0v) is 29.5. The van der Waals surface area contributed by atoms with Crippen molar-refractivity contribution < 1.29 is 0 Å². The Kier molecular flexibility index (Phi) is 7.67. The first kappa shape index (κ1) is 31.0. The van der Waals surface area contributed by atoms with Crippen LogP contribution in [0.1, 0.15) is 0 Å². The smallest absolute Gasteiger partial charge is 0.164 e. The third kappa shape index (κ3) is 5.85. The van der Waals surface area contributed by atoms with E-state index in [1.165, 1.54) is 53.2 Å². The van der Waals surface area contributed by atoms with Gasteiger partial charge in [0.1, 0.15) is 0 Å². The van der Waals surface area contributed by atoms with Crippen LogP contribution in [0.15, 0.2) is 188 Å². The molecule has 53 heavy (non-hydrogen) atoms. The fourth-order valence-electron chi connectivity index (χ4n) is 7.26. The highest BCUT2D eigenvalue weighted by Gasteiger charge is 2.15. The molecule has 3 nitrogen and oxygen atoms in total. The maximum Gasteiger partial charge on any atom is 0.164 e. The van der Waals surface area contributed by atoms with Crippen molar-refractivity contribution in [2.75, 3.05) is 0 Å². The van der Waals surface area contributed by atoms with Gasteiger partial charge in [0.15, 0.2) is 17.5 Å². The summed E-state index contributed by atoms with van der Waals surface area (Å²) in [6, 6.07) is 66.5. The molecule has 0 fully saturated rings. The van der Waals surface area contributed by atoms with Crippen LogP contribution in [0.25, 0.3) is 98.5 Å². The molecule has 4 heteroatoms. The largest absolute Gasteiger partial charge is 0.208 e. The van der Waals surface area contributed by atoms with Crippen LogP contribution in [0.4, 0.5) is 0 Å². The molecule has 0 aliphatic carbocycles. The third-order valence-corrected chi connectivity index (χ3v) is 11.1. The van der Waals surface area contributed by atoms with Crippen LogP contribution >= 0.6 is 11.3 Å². The summed E-state index contributed by atoms with van der Waals surface area (Å²) in [5.74, 6) is 1.95. The van der Waals surface area contributed by atoms with Gasteiger partial charge in [-0.05, 0) is 92.7 Å². The summed E-state index contributed by atoms with van der Waals surface area (Å²) in [6.45, 7) is 0. The lowest BCUT2D eigenvalue weighted by Crippen LogP contribution is -2.00. The molecule has 10 aromatic rings. The van der Waals surface area contributed by atoms with Gasteiger partial charge < -0.3 is 0 Å². The lowest BCUT2D eigenvalue weighted by molar-refractivity contribution is 1.07. The molecule has 0 amide bonds. The molecule has 0 aliphatic heterocycles. The Labute approximate surface area is 311 Å². The van der Waals surface area contributed by atoms with E-state index in [2.05, 4.69) is 170 Å². The maximum atomic E-state index is 5.13. The van der Waals surface area contributed by atoms with Crippen molar-refractivity contribution in [3.05, 3.63) is 188 Å². The van der Waals surface area contributed by atoms with Gasteiger partial charge in [-0.25, -0.2) is 15.0 Å². The van der Waals surface area contributed by atoms with Gasteiger partial charge >= 0.3 is 0 Å². The van der Waals surface area contributed by atoms with Crippen LogP contribution in [-0.4, -0.2) is 15.0 Å². The molecule has 0 bridgehead atoms. The number of fused-ring (bicyclic) bond motifs is 4. The molecule has 0 N–H and O–H groups in total. The highest BCUT2D eigenvalue weighted by molar-refractivity contribution is 7.25. The monoisotopic (exact) mass is 693 g/mol. The second-order valence-corrected chi connectivity index (χ2v) is 14.3. The van der Waals surface area contributed by atoms with Crippen molar-refractivity contribution in [2.24, 2.45) is 0 Å². The van der Waals surface area contributed by atoms with Gasteiger partial charge in [-0.15, -0.1) is 11.3 Å². The van der Waals surface area contributed by atoms with Crippen LogP contribution in [0.2, 0.25) is 0 Å². The summed E-state index contributed by atoms with van der Waals surface area (Å²) in [4.78, 5) is 15.2. The summed E-state index contributed by atoms with van der Waals surface area (Å²) in [7, 11) is 0. The van der Waals surface area contributed by atoms with Gasteiger partial charge in [0, 0.05) is 36.9 Å². The number of aromatic nitrogens is 3. The maximum absolute atomic E-state index is 5.13. The number of rotatable bonds is 6. The molecule has 0 aliphatic rings. The number of nitrogens with zero attached hydrogens (tertiary/aromatic N) is 3. The van der Waals surface area contributed by atoms with E-state index in [0.29, 0.717) is 17.5 Å². The minimum atomic E-state index is 0.643. The Bertz CT molecular complexity index is 2940. The first-order valence-electron chi connectivity index (χ1n) is 17.8. The predicted molar refractivity (Wildman–Crippen MR) is 223 cm³/mol. The summed E-state index contributed by atoms with van der Waals surface area (Å²) >= 11 is 1.81. The Morgan fingerprint density at radius 3 is 1.57 bits per heavy atom. The summed E-state index contributed by atoms with van der Waals surface area (Å²) < 4.78 is 2.53. The van der Waals surface area contributed by atoms with Crippen molar-refractivity contribution in [3.8, 4) is 67.5 Å². The van der Waals surface area contributed by atoms with Gasteiger partial charge in [0.05, 0.1) is 0 Å². The molecule has 2 heterocycles. The molecule has 0 unspecified atom stereocenters. The fraction of sp³-hybridized carbons (Fsp3) is 0. The number of hydrogen-bond donors (Lipinski definition) is 0. The number of benzene rings is 8. The molecule has 248 valence electrons. The van der Waals surface area contributed by atoms with E-state index in [0.717, 1.165) is 27.8 Å². The van der Waals surface area contributed by atoms with Crippen molar-refractivity contribution in [3.63, 3.8) is 0 Å². The highest BCUT2D eigenvalue weighted by Crippen LogP contribution is 2.38. The summed E-state index contributed by atoms with van der Waals surface area (Å²) in [6.07, 6.45) is 0. The predicted octanol–water partition coefficient (Wildman–Crippen LogP) is 13.4. The second kappa shape index (κ2) is 13.1. The molecule has 10 rings (SSSR count). The molecular weight excluding hydrogens is 663 g/mol. The highest BCUT2D eigenvalue weighted by atomic mass is 32.1.